The Hall–Kier alpha value is -2.02. The summed E-state index contributed by atoms with van der Waals surface area (Å²) in [6.07, 6.45) is 0.624. The van der Waals surface area contributed by atoms with Gasteiger partial charge in [0.15, 0.2) is 10.8 Å². The molecule has 0 aromatic heterocycles. The molecule has 5 nitrogen and oxygen atoms in total. The third-order valence-corrected chi connectivity index (χ3v) is 7.27. The molecule has 3 aliphatic rings. The number of nitrogens with two attached hydrogens (primary N) is 1. The molecule has 1 aromatic rings. The highest BCUT2D eigenvalue weighted by molar-refractivity contribution is 8.00. The summed E-state index contributed by atoms with van der Waals surface area (Å²) in [7, 11) is 0. The van der Waals surface area contributed by atoms with Gasteiger partial charge in [0.2, 0.25) is 5.06 Å². The lowest BCUT2D eigenvalue weighted by atomic mass is 9.81. The molecular weight excluding hydrogens is 320 g/mol. The maximum absolute atomic E-state index is 10.3. The third-order valence-electron chi connectivity index (χ3n) is 5.99. The van der Waals surface area contributed by atoms with Crippen LogP contribution in [0.3, 0.4) is 0 Å². The molecule has 2 aliphatic heterocycles. The summed E-state index contributed by atoms with van der Waals surface area (Å²) in [6, 6.07) is 12.9. The number of thioether (sulfide) groups is 1. The molecule has 1 aliphatic carbocycles. The van der Waals surface area contributed by atoms with Crippen molar-refractivity contribution in [3.63, 3.8) is 0 Å². The van der Waals surface area contributed by atoms with E-state index in [1.54, 1.807) is 0 Å². The van der Waals surface area contributed by atoms with E-state index in [9.17, 15) is 10.5 Å². The normalized spacial score (nSPS) is 42.2. The summed E-state index contributed by atoms with van der Waals surface area (Å²) in [5.74, 6) is 0.985. The van der Waals surface area contributed by atoms with Crippen LogP contribution in [0.2, 0.25) is 0 Å². The Morgan fingerprint density at radius 3 is 2.50 bits per heavy atom. The number of hydrogen-bond donors (Lipinski definition) is 1. The van der Waals surface area contributed by atoms with Gasteiger partial charge in [0, 0.05) is 11.2 Å². The van der Waals surface area contributed by atoms with Crippen LogP contribution in [0.15, 0.2) is 29.3 Å². The first-order valence-corrected chi connectivity index (χ1v) is 9.04. The van der Waals surface area contributed by atoms with Crippen molar-refractivity contribution in [1.82, 2.24) is 0 Å². The van der Waals surface area contributed by atoms with E-state index >= 15 is 0 Å². The number of rotatable bonds is 2. The SMILES string of the molecule is CC[C@@]1(c2ccc(C)cc2)[C@]2(C#N)C(N)=N[C@@]3(OCCS3)[C@@]21C#N. The number of ether oxygens (including phenoxy) is 1. The monoisotopic (exact) mass is 338 g/mol. The molecule has 24 heavy (non-hydrogen) atoms. The quantitative estimate of drug-likeness (QED) is 0.893. The van der Waals surface area contributed by atoms with E-state index in [1.165, 1.54) is 11.8 Å². The van der Waals surface area contributed by atoms with Crippen LogP contribution in [0.5, 0.6) is 0 Å². The number of benzene rings is 1. The van der Waals surface area contributed by atoms with E-state index in [0.29, 0.717) is 13.0 Å². The molecule has 0 unspecified atom stereocenters. The minimum absolute atomic E-state index is 0.239. The number of aliphatic imine (C=N–C) groups is 1. The molecular formula is C18H18N4OS. The van der Waals surface area contributed by atoms with Crippen LogP contribution in [0.25, 0.3) is 0 Å². The summed E-state index contributed by atoms with van der Waals surface area (Å²) in [5.41, 5.74) is 5.47. The van der Waals surface area contributed by atoms with Crippen LogP contribution < -0.4 is 5.73 Å². The van der Waals surface area contributed by atoms with Crippen LogP contribution >= 0.6 is 11.8 Å². The lowest BCUT2D eigenvalue weighted by molar-refractivity contribution is 0.0137. The molecule has 4 rings (SSSR count). The maximum atomic E-state index is 10.3. The summed E-state index contributed by atoms with van der Waals surface area (Å²) in [4.78, 5) is 4.51. The largest absolute Gasteiger partial charge is 0.386 e. The lowest BCUT2D eigenvalue weighted by Crippen LogP contribution is -2.39. The molecule has 2 N–H and O–H groups in total. The van der Waals surface area contributed by atoms with Gasteiger partial charge >= 0.3 is 0 Å². The fraction of sp³-hybridized carbons (Fsp3) is 0.500. The Bertz CT molecular complexity index is 830. The third kappa shape index (κ3) is 1.21. The molecule has 1 saturated carbocycles. The Morgan fingerprint density at radius 2 is 2.00 bits per heavy atom. The van der Waals surface area contributed by atoms with Crippen molar-refractivity contribution in [2.45, 2.75) is 30.7 Å². The van der Waals surface area contributed by atoms with Crippen molar-refractivity contribution in [1.29, 1.82) is 10.5 Å². The summed E-state index contributed by atoms with van der Waals surface area (Å²) in [5, 5.41) is 19.3. The molecule has 0 radical (unpaired) electrons. The van der Waals surface area contributed by atoms with E-state index < -0.39 is 21.3 Å². The van der Waals surface area contributed by atoms with E-state index in [1.807, 2.05) is 38.1 Å². The van der Waals surface area contributed by atoms with Crippen molar-refractivity contribution in [2.24, 2.45) is 21.6 Å². The molecule has 4 atom stereocenters. The highest BCUT2D eigenvalue weighted by atomic mass is 32.2. The first kappa shape index (κ1) is 15.5. The first-order valence-electron chi connectivity index (χ1n) is 8.05. The van der Waals surface area contributed by atoms with Crippen LogP contribution in [-0.2, 0) is 10.2 Å². The van der Waals surface area contributed by atoms with Gasteiger partial charge in [-0.2, -0.15) is 10.5 Å². The minimum atomic E-state index is -1.13. The highest BCUT2D eigenvalue weighted by Crippen LogP contribution is 2.88. The molecule has 6 heteroatoms. The van der Waals surface area contributed by atoms with E-state index in [-0.39, 0.29) is 5.84 Å². The fourth-order valence-corrected chi connectivity index (χ4v) is 6.41. The zero-order valence-corrected chi connectivity index (χ0v) is 14.5. The van der Waals surface area contributed by atoms with Gasteiger partial charge in [0.05, 0.1) is 18.7 Å². The maximum Gasteiger partial charge on any atom is 0.231 e. The second kappa shape index (κ2) is 4.53. The van der Waals surface area contributed by atoms with E-state index in [0.717, 1.165) is 16.9 Å². The number of hydrogen-bond acceptors (Lipinski definition) is 6. The van der Waals surface area contributed by atoms with Gasteiger partial charge in [-0.05, 0) is 18.9 Å². The molecule has 0 amide bonds. The topological polar surface area (TPSA) is 95.2 Å². The average Bonchev–Trinajstić information content (AvgIpc) is 2.81. The van der Waals surface area contributed by atoms with Crippen LogP contribution in [-0.4, -0.2) is 23.3 Å². The predicted octanol–water partition coefficient (Wildman–Crippen LogP) is 2.46. The number of nitriles is 2. The number of aryl methyl sites for hydroxylation is 1. The molecule has 1 spiro atoms. The van der Waals surface area contributed by atoms with Gasteiger partial charge in [0.1, 0.15) is 5.84 Å². The number of fused-ring (bicyclic) bond motifs is 2. The van der Waals surface area contributed by atoms with Crippen LogP contribution in [0, 0.1) is 40.4 Å². The molecule has 1 aromatic carbocycles. The Labute approximate surface area is 145 Å². The van der Waals surface area contributed by atoms with Gasteiger partial charge in [-0.15, -0.1) is 0 Å². The van der Waals surface area contributed by atoms with Crippen molar-refractivity contribution in [2.75, 3.05) is 12.4 Å². The zero-order chi connectivity index (χ0) is 17.2. The first-order chi connectivity index (χ1) is 11.5. The van der Waals surface area contributed by atoms with Gasteiger partial charge in [-0.1, -0.05) is 48.5 Å². The summed E-state index contributed by atoms with van der Waals surface area (Å²) < 4.78 is 5.97. The van der Waals surface area contributed by atoms with Crippen molar-refractivity contribution < 1.29 is 4.74 Å². The Kier molecular flexibility index (Phi) is 2.93. The summed E-state index contributed by atoms with van der Waals surface area (Å²) in [6.45, 7) is 4.54. The number of nitrogens with zero attached hydrogens (tertiary/aromatic N) is 3. The molecule has 2 heterocycles. The smallest absolute Gasteiger partial charge is 0.231 e. The fourth-order valence-electron chi connectivity index (χ4n) is 5.05. The zero-order valence-electron chi connectivity index (χ0n) is 13.7. The van der Waals surface area contributed by atoms with Gasteiger partial charge in [-0.3, -0.25) is 0 Å². The standard InChI is InChI=1S/C18H18N4OS/c1-3-15(13-6-4-12(2)5-7-13)16(10-19)14(21)22-18(17(15,16)11-20)23-8-9-24-18/h4-7H,3,8-9H2,1-2H3,(H2,21,22)/t15-,16+,17-,18-/m1/s1. The highest BCUT2D eigenvalue weighted by Gasteiger charge is 3.00. The lowest BCUT2D eigenvalue weighted by Gasteiger charge is -2.31. The van der Waals surface area contributed by atoms with E-state index in [2.05, 4.69) is 17.1 Å². The van der Waals surface area contributed by atoms with Crippen LogP contribution in [0.4, 0.5) is 0 Å². The number of amidine groups is 1. The van der Waals surface area contributed by atoms with Crippen molar-refractivity contribution in [3.05, 3.63) is 35.4 Å². The minimum Gasteiger partial charge on any atom is -0.386 e. The van der Waals surface area contributed by atoms with Crippen LogP contribution in [0.1, 0.15) is 24.5 Å². The molecule has 0 bridgehead atoms. The molecule has 2 fully saturated rings. The second-order valence-electron chi connectivity index (χ2n) is 6.62. The van der Waals surface area contributed by atoms with Gasteiger partial charge < -0.3 is 10.5 Å². The Morgan fingerprint density at radius 1 is 1.29 bits per heavy atom. The van der Waals surface area contributed by atoms with Gasteiger partial charge in [0.25, 0.3) is 0 Å². The van der Waals surface area contributed by atoms with Crippen molar-refractivity contribution >= 4 is 17.6 Å². The predicted molar refractivity (Wildman–Crippen MR) is 92.0 cm³/mol. The summed E-state index contributed by atoms with van der Waals surface area (Å²) >= 11 is 1.50. The second-order valence-corrected chi connectivity index (χ2v) is 7.87. The van der Waals surface area contributed by atoms with Crippen molar-refractivity contribution in [3.8, 4) is 12.1 Å². The van der Waals surface area contributed by atoms with Gasteiger partial charge in [-0.25, -0.2) is 4.99 Å². The van der Waals surface area contributed by atoms with E-state index in [4.69, 9.17) is 10.5 Å². The molecule has 1 saturated heterocycles. The average molecular weight is 338 g/mol. The molecule has 122 valence electrons. The Balaban J connectivity index is 2.03.